The number of nitrogens with two attached hydrogens (primary N) is 1. The largest absolute Gasteiger partial charge is 0.398 e. The first-order valence-electron chi connectivity index (χ1n) is 3.91. The summed E-state index contributed by atoms with van der Waals surface area (Å²) < 4.78 is 0.941. The Balaban J connectivity index is 2.82. The third-order valence-corrected chi connectivity index (χ3v) is 2.17. The van der Waals surface area contributed by atoms with Crippen LogP contribution in [0.15, 0.2) is 22.7 Å². The molecule has 0 aliphatic rings. The molecule has 0 radical (unpaired) electrons. The smallest absolute Gasteiger partial charge is 0.0479 e. The lowest BCUT2D eigenvalue weighted by Crippen LogP contribution is -2.09. The van der Waals surface area contributed by atoms with E-state index in [1.807, 2.05) is 18.2 Å². The van der Waals surface area contributed by atoms with E-state index in [4.69, 9.17) is 5.73 Å². The van der Waals surface area contributed by atoms with Crippen molar-refractivity contribution in [2.75, 3.05) is 11.1 Å². The summed E-state index contributed by atoms with van der Waals surface area (Å²) in [7, 11) is 0. The topological polar surface area (TPSA) is 38.0 Å². The Morgan fingerprint density at radius 2 is 2.08 bits per heavy atom. The van der Waals surface area contributed by atoms with E-state index >= 15 is 0 Å². The quantitative estimate of drug-likeness (QED) is 0.765. The highest BCUT2D eigenvalue weighted by Crippen LogP contribution is 2.23. The summed E-state index contributed by atoms with van der Waals surface area (Å²) >= 11 is 3.34. The van der Waals surface area contributed by atoms with Crippen LogP contribution in [-0.2, 0) is 0 Å². The molecule has 0 aliphatic heterocycles. The molecule has 0 aromatic heterocycles. The maximum Gasteiger partial charge on any atom is 0.0479 e. The van der Waals surface area contributed by atoms with Crippen molar-refractivity contribution in [3.63, 3.8) is 0 Å². The third kappa shape index (κ3) is 2.41. The lowest BCUT2D eigenvalue weighted by molar-refractivity contribution is 0.900. The third-order valence-electron chi connectivity index (χ3n) is 1.45. The molecule has 0 saturated heterocycles. The molecule has 1 rings (SSSR count). The predicted molar refractivity (Wildman–Crippen MR) is 57.3 cm³/mol. The molecule has 0 aliphatic carbocycles. The molecule has 0 spiro atoms. The summed E-state index contributed by atoms with van der Waals surface area (Å²) in [4.78, 5) is 0. The molecule has 3 N–H and O–H groups in total. The normalized spacial score (nSPS) is 10.3. The monoisotopic (exact) mass is 228 g/mol. The minimum atomic E-state index is 0.436. The van der Waals surface area contributed by atoms with Gasteiger partial charge < -0.3 is 11.1 Å². The molecule has 66 valence electrons. The van der Waals surface area contributed by atoms with Crippen molar-refractivity contribution in [3.8, 4) is 0 Å². The Morgan fingerprint density at radius 3 is 2.58 bits per heavy atom. The highest BCUT2D eigenvalue weighted by Gasteiger charge is 1.98. The second-order valence-electron chi connectivity index (χ2n) is 3.04. The molecule has 0 saturated carbocycles. The first-order chi connectivity index (χ1) is 5.59. The Bertz CT molecular complexity index is 271. The summed E-state index contributed by atoms with van der Waals surface area (Å²) in [5.74, 6) is 0. The number of anilines is 2. The minimum Gasteiger partial charge on any atom is -0.398 e. The fourth-order valence-electron chi connectivity index (χ4n) is 0.967. The summed E-state index contributed by atoms with van der Waals surface area (Å²) in [5, 5.41) is 3.27. The highest BCUT2D eigenvalue weighted by molar-refractivity contribution is 9.10. The fraction of sp³-hybridized carbons (Fsp3) is 0.333. The van der Waals surface area contributed by atoms with Crippen LogP contribution in [0.3, 0.4) is 0 Å². The van der Waals surface area contributed by atoms with Crippen LogP contribution < -0.4 is 11.1 Å². The molecule has 1 aromatic carbocycles. The zero-order valence-electron chi connectivity index (χ0n) is 7.26. The van der Waals surface area contributed by atoms with Gasteiger partial charge in [-0.2, -0.15) is 0 Å². The molecule has 1 aromatic rings. The second-order valence-corrected chi connectivity index (χ2v) is 3.89. The van der Waals surface area contributed by atoms with Gasteiger partial charge >= 0.3 is 0 Å². The SMILES string of the molecule is CC(C)Nc1ccc(Br)c(N)c1. The highest BCUT2D eigenvalue weighted by atomic mass is 79.9. The van der Waals surface area contributed by atoms with Crippen LogP contribution in [0.2, 0.25) is 0 Å². The van der Waals surface area contributed by atoms with Crippen LogP contribution in [-0.4, -0.2) is 6.04 Å². The molecule has 0 unspecified atom stereocenters. The number of hydrogen-bond acceptors (Lipinski definition) is 2. The Morgan fingerprint density at radius 1 is 1.42 bits per heavy atom. The van der Waals surface area contributed by atoms with Gasteiger partial charge in [-0.3, -0.25) is 0 Å². The van der Waals surface area contributed by atoms with Crippen LogP contribution in [0.1, 0.15) is 13.8 Å². The molecule has 0 amide bonds. The van der Waals surface area contributed by atoms with Crippen LogP contribution in [0.4, 0.5) is 11.4 Å². The van der Waals surface area contributed by atoms with Crippen molar-refractivity contribution in [2.24, 2.45) is 0 Å². The number of benzene rings is 1. The number of halogens is 1. The van der Waals surface area contributed by atoms with E-state index in [0.29, 0.717) is 6.04 Å². The Hall–Kier alpha value is -0.700. The van der Waals surface area contributed by atoms with Gasteiger partial charge in [-0.15, -0.1) is 0 Å². The van der Waals surface area contributed by atoms with Gasteiger partial charge in [0.25, 0.3) is 0 Å². The lowest BCUT2D eigenvalue weighted by Gasteiger charge is -2.10. The van der Waals surface area contributed by atoms with Crippen LogP contribution in [0.5, 0.6) is 0 Å². The summed E-state index contributed by atoms with van der Waals surface area (Å²) in [5.41, 5.74) is 7.53. The van der Waals surface area contributed by atoms with Crippen molar-refractivity contribution < 1.29 is 0 Å². The molecule has 2 nitrogen and oxygen atoms in total. The van der Waals surface area contributed by atoms with E-state index in [0.717, 1.165) is 15.8 Å². The minimum absolute atomic E-state index is 0.436. The Kier molecular flexibility index (Phi) is 2.98. The van der Waals surface area contributed by atoms with Gasteiger partial charge in [0, 0.05) is 21.9 Å². The maximum atomic E-state index is 5.71. The number of hydrogen-bond donors (Lipinski definition) is 2. The van der Waals surface area contributed by atoms with Gasteiger partial charge in [0.2, 0.25) is 0 Å². The van der Waals surface area contributed by atoms with E-state index in [1.54, 1.807) is 0 Å². The summed E-state index contributed by atoms with van der Waals surface area (Å²) in [6.07, 6.45) is 0. The average molecular weight is 229 g/mol. The lowest BCUT2D eigenvalue weighted by atomic mass is 10.2. The second kappa shape index (κ2) is 3.81. The molecule has 3 heteroatoms. The molecular formula is C9H13BrN2. The molecule has 0 bridgehead atoms. The molecule has 0 atom stereocenters. The van der Waals surface area contributed by atoms with E-state index in [9.17, 15) is 0 Å². The van der Waals surface area contributed by atoms with Gasteiger partial charge in [-0.05, 0) is 48.0 Å². The number of nitrogens with one attached hydrogen (secondary N) is 1. The number of nitrogen functional groups attached to an aromatic ring is 1. The fourth-order valence-corrected chi connectivity index (χ4v) is 1.21. The van der Waals surface area contributed by atoms with E-state index in [1.165, 1.54) is 0 Å². The molecular weight excluding hydrogens is 216 g/mol. The van der Waals surface area contributed by atoms with E-state index in [2.05, 4.69) is 35.1 Å². The zero-order valence-corrected chi connectivity index (χ0v) is 8.85. The van der Waals surface area contributed by atoms with Crippen LogP contribution in [0.25, 0.3) is 0 Å². The van der Waals surface area contributed by atoms with Gasteiger partial charge in [0.05, 0.1) is 0 Å². The van der Waals surface area contributed by atoms with Gasteiger partial charge in [0.1, 0.15) is 0 Å². The van der Waals surface area contributed by atoms with Gasteiger partial charge in [0.15, 0.2) is 0 Å². The van der Waals surface area contributed by atoms with Crippen molar-refractivity contribution in [2.45, 2.75) is 19.9 Å². The van der Waals surface area contributed by atoms with Crippen LogP contribution >= 0.6 is 15.9 Å². The standard InChI is InChI=1S/C9H13BrN2/c1-6(2)12-7-3-4-8(10)9(11)5-7/h3-6,12H,11H2,1-2H3. The molecule has 0 fully saturated rings. The van der Waals surface area contributed by atoms with E-state index in [-0.39, 0.29) is 0 Å². The van der Waals surface area contributed by atoms with Gasteiger partial charge in [-0.1, -0.05) is 0 Å². The van der Waals surface area contributed by atoms with E-state index < -0.39 is 0 Å². The van der Waals surface area contributed by atoms with Gasteiger partial charge in [-0.25, -0.2) is 0 Å². The molecule has 0 heterocycles. The molecule has 12 heavy (non-hydrogen) atoms. The average Bonchev–Trinajstić information content (AvgIpc) is 1.96. The van der Waals surface area contributed by atoms with Crippen molar-refractivity contribution >= 4 is 27.3 Å². The zero-order chi connectivity index (χ0) is 9.14. The first-order valence-corrected chi connectivity index (χ1v) is 4.70. The number of rotatable bonds is 2. The van der Waals surface area contributed by atoms with Crippen molar-refractivity contribution in [3.05, 3.63) is 22.7 Å². The van der Waals surface area contributed by atoms with Crippen molar-refractivity contribution in [1.29, 1.82) is 0 Å². The summed E-state index contributed by atoms with van der Waals surface area (Å²) in [6.45, 7) is 4.19. The van der Waals surface area contributed by atoms with Crippen molar-refractivity contribution in [1.82, 2.24) is 0 Å². The first kappa shape index (κ1) is 9.39. The predicted octanol–water partition coefficient (Wildman–Crippen LogP) is 2.85. The maximum absolute atomic E-state index is 5.71. The summed E-state index contributed by atoms with van der Waals surface area (Å²) in [6, 6.07) is 6.30. The van der Waals surface area contributed by atoms with Crippen LogP contribution in [0, 0.1) is 0 Å². The Labute approximate surface area is 81.3 Å².